The summed E-state index contributed by atoms with van der Waals surface area (Å²) >= 11 is 1.44. The van der Waals surface area contributed by atoms with Gasteiger partial charge in [-0.15, -0.1) is 11.3 Å². The Morgan fingerprint density at radius 1 is 1.47 bits per heavy atom. The van der Waals surface area contributed by atoms with Crippen molar-refractivity contribution < 1.29 is 4.79 Å². The van der Waals surface area contributed by atoms with Crippen LogP contribution in [0.5, 0.6) is 0 Å². The second-order valence-corrected chi connectivity index (χ2v) is 4.34. The average molecular weight is 221 g/mol. The molecule has 0 saturated heterocycles. The summed E-state index contributed by atoms with van der Waals surface area (Å²) in [5, 5.41) is 4.75. The fraction of sp³-hybridized carbons (Fsp3) is 0.250. The van der Waals surface area contributed by atoms with E-state index in [1.165, 1.54) is 11.3 Å². The van der Waals surface area contributed by atoms with Crippen LogP contribution >= 0.6 is 11.3 Å². The molecular formula is C12H15NOS. The second kappa shape index (κ2) is 5.51. The third-order valence-electron chi connectivity index (χ3n) is 1.76. The fourth-order valence-electron chi connectivity index (χ4n) is 1.10. The molecule has 2 nitrogen and oxygen atoms in total. The lowest BCUT2D eigenvalue weighted by Crippen LogP contribution is -2.20. The van der Waals surface area contributed by atoms with Crippen molar-refractivity contribution in [3.63, 3.8) is 0 Å². The molecule has 0 aliphatic rings. The molecule has 0 atom stereocenters. The number of allylic oxidation sites excluding steroid dienone is 3. The van der Waals surface area contributed by atoms with E-state index in [2.05, 4.69) is 5.32 Å². The summed E-state index contributed by atoms with van der Waals surface area (Å²) in [6.45, 7) is 5.91. The summed E-state index contributed by atoms with van der Waals surface area (Å²) in [5.74, 6) is -0.0457. The smallest absolute Gasteiger partial charge is 0.265 e. The standard InChI is InChI=1S/C12H15NOS/c1-4-10(8-9(2)3)13-12(14)11-6-5-7-15-11/h4-8H,1-3H3,(H,13,14)/b10-4+. The highest BCUT2D eigenvalue weighted by Crippen LogP contribution is 2.09. The van der Waals surface area contributed by atoms with Crippen molar-refractivity contribution in [2.75, 3.05) is 0 Å². The van der Waals surface area contributed by atoms with Crippen LogP contribution in [-0.2, 0) is 0 Å². The molecule has 0 aliphatic heterocycles. The minimum Gasteiger partial charge on any atom is -0.322 e. The maximum Gasteiger partial charge on any atom is 0.265 e. The Kier molecular flexibility index (Phi) is 4.31. The van der Waals surface area contributed by atoms with E-state index in [1.54, 1.807) is 0 Å². The van der Waals surface area contributed by atoms with Crippen LogP contribution in [0.3, 0.4) is 0 Å². The monoisotopic (exact) mass is 221 g/mol. The van der Waals surface area contributed by atoms with Crippen LogP contribution in [0.4, 0.5) is 0 Å². The molecule has 80 valence electrons. The predicted octanol–water partition coefficient (Wildman–Crippen LogP) is 3.35. The zero-order valence-corrected chi connectivity index (χ0v) is 10.0. The lowest BCUT2D eigenvalue weighted by Gasteiger charge is -2.04. The molecule has 0 aromatic carbocycles. The third-order valence-corrected chi connectivity index (χ3v) is 2.63. The number of carbonyl (C=O) groups is 1. The van der Waals surface area contributed by atoms with E-state index in [1.807, 2.05) is 50.4 Å². The van der Waals surface area contributed by atoms with Crippen LogP contribution in [0.2, 0.25) is 0 Å². The lowest BCUT2D eigenvalue weighted by molar-refractivity contribution is 0.0971. The Morgan fingerprint density at radius 3 is 2.67 bits per heavy atom. The Labute approximate surface area is 94.3 Å². The first kappa shape index (κ1) is 11.7. The molecule has 0 unspecified atom stereocenters. The minimum atomic E-state index is -0.0457. The SMILES string of the molecule is C/C=C(\C=C(C)C)NC(=O)c1cccs1. The minimum absolute atomic E-state index is 0.0457. The number of carbonyl (C=O) groups excluding carboxylic acids is 1. The molecule has 0 saturated carbocycles. The van der Waals surface area contributed by atoms with E-state index in [0.717, 1.165) is 16.1 Å². The highest BCUT2D eigenvalue weighted by atomic mass is 32.1. The van der Waals surface area contributed by atoms with Gasteiger partial charge in [-0.25, -0.2) is 0 Å². The number of hydrogen-bond donors (Lipinski definition) is 1. The van der Waals surface area contributed by atoms with Gasteiger partial charge >= 0.3 is 0 Å². The van der Waals surface area contributed by atoms with Gasteiger partial charge in [-0.1, -0.05) is 17.7 Å². The number of thiophene rings is 1. The van der Waals surface area contributed by atoms with Gasteiger partial charge in [0.15, 0.2) is 0 Å². The Morgan fingerprint density at radius 2 is 2.20 bits per heavy atom. The molecule has 0 fully saturated rings. The number of rotatable bonds is 3. The van der Waals surface area contributed by atoms with Gasteiger partial charge in [-0.05, 0) is 38.3 Å². The topological polar surface area (TPSA) is 29.1 Å². The van der Waals surface area contributed by atoms with E-state index >= 15 is 0 Å². The molecule has 1 heterocycles. The Balaban J connectivity index is 2.70. The van der Waals surface area contributed by atoms with Gasteiger partial charge < -0.3 is 5.32 Å². The molecule has 0 radical (unpaired) electrons. The summed E-state index contributed by atoms with van der Waals surface area (Å²) in [5.41, 5.74) is 2.00. The second-order valence-electron chi connectivity index (χ2n) is 3.40. The van der Waals surface area contributed by atoms with Crippen LogP contribution in [-0.4, -0.2) is 5.91 Å². The first-order valence-electron chi connectivity index (χ1n) is 4.79. The molecule has 15 heavy (non-hydrogen) atoms. The lowest BCUT2D eigenvalue weighted by atomic mass is 10.2. The van der Waals surface area contributed by atoms with E-state index < -0.39 is 0 Å². The highest BCUT2D eigenvalue weighted by Gasteiger charge is 2.06. The van der Waals surface area contributed by atoms with E-state index in [4.69, 9.17) is 0 Å². The van der Waals surface area contributed by atoms with Crippen molar-refractivity contribution in [2.45, 2.75) is 20.8 Å². The zero-order valence-electron chi connectivity index (χ0n) is 9.20. The van der Waals surface area contributed by atoms with Gasteiger partial charge in [0.05, 0.1) is 4.88 Å². The maximum absolute atomic E-state index is 11.7. The molecular weight excluding hydrogens is 206 g/mol. The van der Waals surface area contributed by atoms with Crippen molar-refractivity contribution in [3.05, 3.63) is 45.8 Å². The first-order chi connectivity index (χ1) is 7.13. The number of hydrogen-bond acceptors (Lipinski definition) is 2. The van der Waals surface area contributed by atoms with Gasteiger partial charge in [0.2, 0.25) is 0 Å². The van der Waals surface area contributed by atoms with Crippen molar-refractivity contribution in [3.8, 4) is 0 Å². The van der Waals surface area contributed by atoms with Crippen LogP contribution in [0, 0.1) is 0 Å². The van der Waals surface area contributed by atoms with Gasteiger partial charge in [0.1, 0.15) is 0 Å². The Bertz CT molecular complexity index is 384. The summed E-state index contributed by atoms with van der Waals surface area (Å²) < 4.78 is 0. The van der Waals surface area contributed by atoms with Crippen LogP contribution in [0.1, 0.15) is 30.4 Å². The summed E-state index contributed by atoms with van der Waals surface area (Å²) in [6, 6.07) is 3.69. The first-order valence-corrected chi connectivity index (χ1v) is 5.67. The van der Waals surface area contributed by atoms with Gasteiger partial charge in [-0.2, -0.15) is 0 Å². The number of amides is 1. The summed E-state index contributed by atoms with van der Waals surface area (Å²) in [4.78, 5) is 12.4. The number of nitrogens with one attached hydrogen (secondary N) is 1. The molecule has 1 N–H and O–H groups in total. The van der Waals surface area contributed by atoms with Gasteiger partial charge in [-0.3, -0.25) is 4.79 Å². The summed E-state index contributed by atoms with van der Waals surface area (Å²) in [7, 11) is 0. The molecule has 1 amide bonds. The van der Waals surface area contributed by atoms with Crippen molar-refractivity contribution in [1.82, 2.24) is 5.32 Å². The van der Waals surface area contributed by atoms with Gasteiger partial charge in [0.25, 0.3) is 5.91 Å². The van der Waals surface area contributed by atoms with Crippen molar-refractivity contribution in [1.29, 1.82) is 0 Å². The van der Waals surface area contributed by atoms with E-state index in [0.29, 0.717) is 0 Å². The molecule has 0 aliphatic carbocycles. The van der Waals surface area contributed by atoms with Crippen LogP contribution in [0.15, 0.2) is 40.9 Å². The largest absolute Gasteiger partial charge is 0.322 e. The molecule has 1 aromatic heterocycles. The Hall–Kier alpha value is -1.35. The highest BCUT2D eigenvalue weighted by molar-refractivity contribution is 7.12. The van der Waals surface area contributed by atoms with Crippen LogP contribution < -0.4 is 5.32 Å². The van der Waals surface area contributed by atoms with Crippen molar-refractivity contribution in [2.24, 2.45) is 0 Å². The maximum atomic E-state index is 11.7. The fourth-order valence-corrected chi connectivity index (χ4v) is 1.72. The quantitative estimate of drug-likeness (QED) is 0.779. The average Bonchev–Trinajstić information content (AvgIpc) is 2.68. The van der Waals surface area contributed by atoms with E-state index in [-0.39, 0.29) is 5.91 Å². The molecule has 1 rings (SSSR count). The summed E-state index contributed by atoms with van der Waals surface area (Å²) in [6.07, 6.45) is 3.84. The van der Waals surface area contributed by atoms with Crippen LogP contribution in [0.25, 0.3) is 0 Å². The molecule has 0 bridgehead atoms. The van der Waals surface area contributed by atoms with Gasteiger partial charge in [0, 0.05) is 5.70 Å². The molecule has 0 spiro atoms. The zero-order chi connectivity index (χ0) is 11.3. The molecule has 1 aromatic rings. The molecule has 3 heteroatoms. The normalized spacial score (nSPS) is 11.0. The third kappa shape index (κ3) is 3.72. The van der Waals surface area contributed by atoms with Crippen molar-refractivity contribution >= 4 is 17.2 Å². The van der Waals surface area contributed by atoms with E-state index in [9.17, 15) is 4.79 Å². The predicted molar refractivity (Wildman–Crippen MR) is 65.0 cm³/mol.